The summed E-state index contributed by atoms with van der Waals surface area (Å²) in [5, 5.41) is 6.24. The van der Waals surface area contributed by atoms with Gasteiger partial charge >= 0.3 is 0 Å². The average molecular weight is 474 g/mol. The maximum atomic E-state index is 5.83. The van der Waals surface area contributed by atoms with Gasteiger partial charge in [0, 0.05) is 26.7 Å². The van der Waals surface area contributed by atoms with E-state index >= 15 is 0 Å². The molecule has 1 aromatic carbocycles. The van der Waals surface area contributed by atoms with Gasteiger partial charge in [-0.15, -0.1) is 30.4 Å². The van der Waals surface area contributed by atoms with Crippen LogP contribution in [0.4, 0.5) is 0 Å². The van der Waals surface area contributed by atoms with Crippen LogP contribution < -0.4 is 15.4 Å². The molecule has 0 aromatic heterocycles. The van der Waals surface area contributed by atoms with Crippen molar-refractivity contribution < 1.29 is 9.47 Å². The number of ether oxygens (including phenoxy) is 2. The summed E-state index contributed by atoms with van der Waals surface area (Å²) in [4.78, 5) is 6.70. The van der Waals surface area contributed by atoms with Gasteiger partial charge < -0.3 is 25.0 Å². The number of benzene rings is 1. The second kappa shape index (κ2) is 15.7. The molecule has 146 valence electrons. The minimum atomic E-state index is 0. The molecule has 0 aliphatic heterocycles. The van der Waals surface area contributed by atoms with E-state index in [-0.39, 0.29) is 24.0 Å². The Kier molecular flexibility index (Phi) is 14.8. The summed E-state index contributed by atoms with van der Waals surface area (Å²) in [6.45, 7) is 6.93. The number of likely N-dealkylation sites (N-methyl/N-ethyl adjacent to an activating group) is 1. The molecule has 7 heteroatoms. The summed E-state index contributed by atoms with van der Waals surface area (Å²) in [6.07, 6.45) is 5.27. The van der Waals surface area contributed by atoms with Gasteiger partial charge in [-0.1, -0.05) is 18.1 Å². The number of methoxy groups -OCH3 is 1. The Morgan fingerprint density at radius 1 is 1.27 bits per heavy atom. The molecule has 0 spiro atoms. The van der Waals surface area contributed by atoms with Crippen LogP contribution in [-0.2, 0) is 11.3 Å². The Morgan fingerprint density at radius 2 is 2.04 bits per heavy atom. The first-order valence-corrected chi connectivity index (χ1v) is 8.54. The lowest BCUT2D eigenvalue weighted by Crippen LogP contribution is -2.37. The van der Waals surface area contributed by atoms with Gasteiger partial charge in [-0.2, -0.15) is 0 Å². The van der Waals surface area contributed by atoms with Gasteiger partial charge in [-0.05, 0) is 31.7 Å². The lowest BCUT2D eigenvalue weighted by atomic mass is 10.2. The molecule has 0 amide bonds. The Morgan fingerprint density at radius 3 is 2.73 bits per heavy atom. The monoisotopic (exact) mass is 474 g/mol. The van der Waals surface area contributed by atoms with E-state index in [1.54, 1.807) is 7.11 Å². The molecule has 0 bridgehead atoms. The van der Waals surface area contributed by atoms with Crippen LogP contribution in [0.3, 0.4) is 0 Å². The Labute approximate surface area is 174 Å². The van der Waals surface area contributed by atoms with Crippen molar-refractivity contribution in [2.45, 2.75) is 13.5 Å². The third-order valence-electron chi connectivity index (χ3n) is 3.44. The van der Waals surface area contributed by atoms with Gasteiger partial charge in [0.25, 0.3) is 0 Å². The van der Waals surface area contributed by atoms with Gasteiger partial charge in [0.05, 0.1) is 19.7 Å². The van der Waals surface area contributed by atoms with E-state index < -0.39 is 0 Å². The molecule has 0 radical (unpaired) electrons. The third kappa shape index (κ3) is 11.2. The quantitative estimate of drug-likeness (QED) is 0.222. The van der Waals surface area contributed by atoms with Gasteiger partial charge in [-0.3, -0.25) is 0 Å². The predicted molar refractivity (Wildman–Crippen MR) is 118 cm³/mol. The SMILES string of the molecule is C#CCNC(=NCc1cccc(OCCN(C)CCOC)c1)NCC.I. The van der Waals surface area contributed by atoms with Crippen LogP contribution in [0.2, 0.25) is 0 Å². The minimum Gasteiger partial charge on any atom is -0.492 e. The van der Waals surface area contributed by atoms with Crippen molar-refractivity contribution in [3.8, 4) is 18.1 Å². The first-order valence-electron chi connectivity index (χ1n) is 8.54. The minimum absolute atomic E-state index is 0. The lowest BCUT2D eigenvalue weighted by Gasteiger charge is -2.16. The highest BCUT2D eigenvalue weighted by Crippen LogP contribution is 2.14. The second-order valence-electron chi connectivity index (χ2n) is 5.54. The molecule has 26 heavy (non-hydrogen) atoms. The zero-order valence-corrected chi connectivity index (χ0v) is 18.3. The molecule has 0 unspecified atom stereocenters. The number of guanidine groups is 1. The molecule has 6 nitrogen and oxygen atoms in total. The molecule has 0 aliphatic rings. The maximum Gasteiger partial charge on any atom is 0.192 e. The molecule has 2 N–H and O–H groups in total. The Balaban J connectivity index is 0.00000625. The number of nitrogens with zero attached hydrogens (tertiary/aromatic N) is 2. The van der Waals surface area contributed by atoms with Gasteiger partial charge in [0.1, 0.15) is 12.4 Å². The van der Waals surface area contributed by atoms with Crippen molar-refractivity contribution in [3.05, 3.63) is 29.8 Å². The Hall–Kier alpha value is -1.50. The number of aliphatic imine (C=N–C) groups is 1. The van der Waals surface area contributed by atoms with E-state index in [4.69, 9.17) is 15.9 Å². The maximum absolute atomic E-state index is 5.83. The normalized spacial score (nSPS) is 10.8. The van der Waals surface area contributed by atoms with Crippen LogP contribution >= 0.6 is 24.0 Å². The van der Waals surface area contributed by atoms with E-state index in [1.165, 1.54) is 0 Å². The fraction of sp³-hybridized carbons (Fsp3) is 0.526. The molecule has 0 heterocycles. The summed E-state index contributed by atoms with van der Waals surface area (Å²) in [5.74, 6) is 4.12. The van der Waals surface area contributed by atoms with Gasteiger partial charge in [0.15, 0.2) is 5.96 Å². The first-order chi connectivity index (χ1) is 12.2. The van der Waals surface area contributed by atoms with E-state index in [0.29, 0.717) is 25.7 Å². The van der Waals surface area contributed by atoms with E-state index in [2.05, 4.69) is 33.5 Å². The molecule has 0 aliphatic carbocycles. The fourth-order valence-corrected chi connectivity index (χ4v) is 2.06. The van der Waals surface area contributed by atoms with Crippen LogP contribution in [0.5, 0.6) is 5.75 Å². The smallest absolute Gasteiger partial charge is 0.192 e. The van der Waals surface area contributed by atoms with Crippen LogP contribution in [0.15, 0.2) is 29.3 Å². The lowest BCUT2D eigenvalue weighted by molar-refractivity contribution is 0.150. The predicted octanol–water partition coefficient (Wildman–Crippen LogP) is 1.95. The second-order valence-corrected chi connectivity index (χ2v) is 5.54. The summed E-state index contributed by atoms with van der Waals surface area (Å²) in [6, 6.07) is 8.00. The number of hydrogen-bond acceptors (Lipinski definition) is 4. The van der Waals surface area contributed by atoms with Crippen LogP contribution in [-0.4, -0.2) is 64.4 Å². The molecule has 0 saturated heterocycles. The van der Waals surface area contributed by atoms with E-state index in [1.807, 2.05) is 31.2 Å². The van der Waals surface area contributed by atoms with Crippen molar-refractivity contribution >= 4 is 29.9 Å². The fourth-order valence-electron chi connectivity index (χ4n) is 2.06. The highest BCUT2D eigenvalue weighted by Gasteiger charge is 2.01. The summed E-state index contributed by atoms with van der Waals surface area (Å²) in [7, 11) is 3.76. The Bertz CT molecular complexity index is 561. The van der Waals surface area contributed by atoms with E-state index in [0.717, 1.165) is 37.6 Å². The van der Waals surface area contributed by atoms with Crippen molar-refractivity contribution in [3.63, 3.8) is 0 Å². The number of rotatable bonds is 11. The standard InChI is InChI=1S/C19H30N4O2.HI/c1-5-10-21-19(20-6-2)22-16-17-8-7-9-18(15-17)25-14-12-23(3)11-13-24-4;/h1,7-9,15H,6,10-14,16H2,2-4H3,(H2,20,21,22);1H. The van der Waals surface area contributed by atoms with Crippen molar-refractivity contribution in [1.29, 1.82) is 0 Å². The highest BCUT2D eigenvalue weighted by atomic mass is 127. The number of hydrogen-bond donors (Lipinski definition) is 2. The van der Waals surface area contributed by atoms with Crippen LogP contribution in [0, 0.1) is 12.3 Å². The zero-order chi connectivity index (χ0) is 18.3. The van der Waals surface area contributed by atoms with Gasteiger partial charge in [0.2, 0.25) is 0 Å². The average Bonchev–Trinajstić information content (AvgIpc) is 2.62. The number of terminal acetylenes is 1. The molecule has 0 saturated carbocycles. The van der Waals surface area contributed by atoms with Crippen LogP contribution in [0.25, 0.3) is 0 Å². The molecular formula is C19H31IN4O2. The molecule has 1 rings (SSSR count). The molecular weight excluding hydrogens is 443 g/mol. The summed E-state index contributed by atoms with van der Waals surface area (Å²) >= 11 is 0. The van der Waals surface area contributed by atoms with Crippen molar-refractivity contribution in [1.82, 2.24) is 15.5 Å². The molecule has 1 aromatic rings. The summed E-state index contributed by atoms with van der Waals surface area (Å²) in [5.41, 5.74) is 1.09. The third-order valence-corrected chi connectivity index (χ3v) is 3.44. The number of halogens is 1. The van der Waals surface area contributed by atoms with E-state index in [9.17, 15) is 0 Å². The largest absolute Gasteiger partial charge is 0.492 e. The topological polar surface area (TPSA) is 58.1 Å². The summed E-state index contributed by atoms with van der Waals surface area (Å²) < 4.78 is 10.9. The van der Waals surface area contributed by atoms with Crippen molar-refractivity contribution in [2.75, 3.05) is 53.6 Å². The molecule has 0 fully saturated rings. The molecule has 0 atom stereocenters. The first kappa shape index (κ1) is 24.5. The zero-order valence-electron chi connectivity index (χ0n) is 16.0. The number of nitrogens with one attached hydrogen (secondary N) is 2. The van der Waals surface area contributed by atoms with Gasteiger partial charge in [-0.25, -0.2) is 4.99 Å². The highest BCUT2D eigenvalue weighted by molar-refractivity contribution is 14.0. The van der Waals surface area contributed by atoms with Crippen LogP contribution in [0.1, 0.15) is 12.5 Å². The van der Waals surface area contributed by atoms with Crippen molar-refractivity contribution in [2.24, 2.45) is 4.99 Å².